The lowest BCUT2D eigenvalue weighted by atomic mass is 10.1. The lowest BCUT2D eigenvalue weighted by Crippen LogP contribution is -2.16. The molecule has 0 aromatic heterocycles. The van der Waals surface area contributed by atoms with Gasteiger partial charge in [-0.05, 0) is 44.9 Å². The van der Waals surface area contributed by atoms with Crippen LogP contribution in [0.1, 0.15) is 25.0 Å². The van der Waals surface area contributed by atoms with Gasteiger partial charge in [0.1, 0.15) is 0 Å². The summed E-state index contributed by atoms with van der Waals surface area (Å²) >= 11 is 0. The monoisotopic (exact) mass is 227 g/mol. The maximum absolute atomic E-state index is 12.0. The standard InChI is InChI=1S/C11H17NO2S/c1-7(2)15(13,14)10-6-8(3)5-9(4)11(10)12/h5-7H,12H2,1-4H3. The minimum atomic E-state index is -3.28. The Morgan fingerprint density at radius 1 is 1.20 bits per heavy atom. The minimum absolute atomic E-state index is 0.259. The van der Waals surface area contributed by atoms with Crippen LogP contribution in [0.25, 0.3) is 0 Å². The lowest BCUT2D eigenvalue weighted by Gasteiger charge is -2.13. The van der Waals surface area contributed by atoms with E-state index >= 15 is 0 Å². The van der Waals surface area contributed by atoms with Gasteiger partial charge in [0.2, 0.25) is 0 Å². The number of anilines is 1. The molecule has 3 nitrogen and oxygen atoms in total. The first-order chi connectivity index (χ1) is 6.76. The lowest BCUT2D eigenvalue weighted by molar-refractivity contribution is 0.587. The summed E-state index contributed by atoms with van der Waals surface area (Å²) in [6, 6.07) is 3.52. The summed E-state index contributed by atoms with van der Waals surface area (Å²) < 4.78 is 24.0. The molecular formula is C11H17NO2S. The number of rotatable bonds is 2. The van der Waals surface area contributed by atoms with Gasteiger partial charge in [-0.1, -0.05) is 6.07 Å². The van der Waals surface area contributed by atoms with Crippen molar-refractivity contribution >= 4 is 15.5 Å². The van der Waals surface area contributed by atoms with Crippen molar-refractivity contribution in [1.82, 2.24) is 0 Å². The molecule has 0 atom stereocenters. The van der Waals surface area contributed by atoms with E-state index in [1.807, 2.05) is 19.9 Å². The molecule has 0 saturated heterocycles. The van der Waals surface area contributed by atoms with Gasteiger partial charge in [-0.2, -0.15) is 0 Å². The molecule has 2 N–H and O–H groups in total. The van der Waals surface area contributed by atoms with Gasteiger partial charge in [0, 0.05) is 0 Å². The fourth-order valence-electron chi connectivity index (χ4n) is 1.43. The second-order valence-electron chi connectivity index (χ2n) is 4.09. The molecule has 1 aromatic carbocycles. The maximum atomic E-state index is 12.0. The van der Waals surface area contributed by atoms with Crippen molar-refractivity contribution in [3.8, 4) is 0 Å². The van der Waals surface area contributed by atoms with E-state index < -0.39 is 15.1 Å². The fourth-order valence-corrected chi connectivity index (χ4v) is 2.75. The number of hydrogen-bond acceptors (Lipinski definition) is 3. The molecule has 1 rings (SSSR count). The first-order valence-electron chi connectivity index (χ1n) is 4.87. The van der Waals surface area contributed by atoms with Crippen LogP contribution in [0.4, 0.5) is 5.69 Å². The molecule has 4 heteroatoms. The zero-order valence-corrected chi connectivity index (χ0v) is 10.4. The molecule has 84 valence electrons. The predicted molar refractivity (Wildman–Crippen MR) is 62.7 cm³/mol. The van der Waals surface area contributed by atoms with Crippen molar-refractivity contribution in [2.75, 3.05) is 5.73 Å². The van der Waals surface area contributed by atoms with Gasteiger partial charge >= 0.3 is 0 Å². The van der Waals surface area contributed by atoms with Crippen molar-refractivity contribution in [1.29, 1.82) is 0 Å². The normalized spacial score (nSPS) is 12.1. The predicted octanol–water partition coefficient (Wildman–Crippen LogP) is 2.07. The highest BCUT2D eigenvalue weighted by Crippen LogP contribution is 2.26. The third-order valence-corrected chi connectivity index (χ3v) is 4.61. The fraction of sp³-hybridized carbons (Fsp3) is 0.455. The van der Waals surface area contributed by atoms with Gasteiger partial charge in [-0.15, -0.1) is 0 Å². The van der Waals surface area contributed by atoms with Crippen LogP contribution < -0.4 is 5.73 Å². The summed E-state index contributed by atoms with van der Waals surface area (Å²) in [5.74, 6) is 0. The Balaban J connectivity index is 3.52. The van der Waals surface area contributed by atoms with E-state index in [1.165, 1.54) is 0 Å². The van der Waals surface area contributed by atoms with E-state index in [0.717, 1.165) is 11.1 Å². The minimum Gasteiger partial charge on any atom is -0.397 e. The van der Waals surface area contributed by atoms with Gasteiger partial charge in [-0.3, -0.25) is 0 Å². The van der Waals surface area contributed by atoms with Gasteiger partial charge in [-0.25, -0.2) is 8.42 Å². The van der Waals surface area contributed by atoms with Gasteiger partial charge in [0.15, 0.2) is 9.84 Å². The second-order valence-corrected chi connectivity index (χ2v) is 6.56. The summed E-state index contributed by atoms with van der Waals surface area (Å²) in [6.07, 6.45) is 0. The quantitative estimate of drug-likeness (QED) is 0.787. The highest BCUT2D eigenvalue weighted by molar-refractivity contribution is 7.92. The van der Waals surface area contributed by atoms with Crippen LogP contribution in [0.2, 0.25) is 0 Å². The second kappa shape index (κ2) is 3.85. The summed E-state index contributed by atoms with van der Waals surface area (Å²) in [5.41, 5.74) is 7.90. The summed E-state index contributed by atoms with van der Waals surface area (Å²) in [6.45, 7) is 7.01. The number of nitrogen functional groups attached to an aromatic ring is 1. The molecule has 0 unspecified atom stereocenters. The van der Waals surface area contributed by atoms with Crippen LogP contribution in [0.3, 0.4) is 0 Å². The average molecular weight is 227 g/mol. The number of hydrogen-bond donors (Lipinski definition) is 1. The van der Waals surface area contributed by atoms with E-state index in [0.29, 0.717) is 5.69 Å². The van der Waals surface area contributed by atoms with Crippen molar-refractivity contribution < 1.29 is 8.42 Å². The van der Waals surface area contributed by atoms with Crippen LogP contribution in [-0.4, -0.2) is 13.7 Å². The molecule has 0 heterocycles. The Morgan fingerprint density at radius 2 is 1.73 bits per heavy atom. The maximum Gasteiger partial charge on any atom is 0.182 e. The number of benzene rings is 1. The molecule has 15 heavy (non-hydrogen) atoms. The molecule has 0 aliphatic heterocycles. The topological polar surface area (TPSA) is 60.2 Å². The third-order valence-electron chi connectivity index (χ3n) is 2.42. The van der Waals surface area contributed by atoms with Gasteiger partial charge < -0.3 is 5.73 Å². The highest BCUT2D eigenvalue weighted by Gasteiger charge is 2.22. The first kappa shape index (κ1) is 12.0. The zero-order valence-electron chi connectivity index (χ0n) is 9.53. The molecule has 1 aromatic rings. The average Bonchev–Trinajstić information content (AvgIpc) is 2.10. The van der Waals surface area contributed by atoms with Crippen LogP contribution in [0.5, 0.6) is 0 Å². The molecule has 0 fully saturated rings. The number of sulfone groups is 1. The van der Waals surface area contributed by atoms with Crippen LogP contribution in [-0.2, 0) is 9.84 Å². The van der Waals surface area contributed by atoms with E-state index in [-0.39, 0.29) is 4.90 Å². The molecule has 0 aliphatic rings. The van der Waals surface area contributed by atoms with E-state index in [9.17, 15) is 8.42 Å². The van der Waals surface area contributed by atoms with E-state index in [1.54, 1.807) is 19.9 Å². The van der Waals surface area contributed by atoms with E-state index in [4.69, 9.17) is 5.73 Å². The van der Waals surface area contributed by atoms with Crippen LogP contribution in [0, 0.1) is 13.8 Å². The van der Waals surface area contributed by atoms with Crippen molar-refractivity contribution in [2.24, 2.45) is 0 Å². The Morgan fingerprint density at radius 3 is 2.20 bits per heavy atom. The molecule has 0 saturated carbocycles. The molecule has 0 spiro atoms. The number of aryl methyl sites for hydroxylation is 2. The molecule has 0 amide bonds. The summed E-state index contributed by atoms with van der Waals surface area (Å²) in [7, 11) is -3.28. The molecule has 0 bridgehead atoms. The van der Waals surface area contributed by atoms with Gasteiger partial charge in [0.05, 0.1) is 15.8 Å². The third kappa shape index (κ3) is 2.15. The van der Waals surface area contributed by atoms with E-state index in [2.05, 4.69) is 0 Å². The van der Waals surface area contributed by atoms with Crippen molar-refractivity contribution in [3.63, 3.8) is 0 Å². The van der Waals surface area contributed by atoms with Crippen LogP contribution in [0.15, 0.2) is 17.0 Å². The van der Waals surface area contributed by atoms with Crippen molar-refractivity contribution in [3.05, 3.63) is 23.3 Å². The number of nitrogens with two attached hydrogens (primary N) is 1. The SMILES string of the molecule is Cc1cc(C)c(N)c(S(=O)(=O)C(C)C)c1. The van der Waals surface area contributed by atoms with Gasteiger partial charge in [0.25, 0.3) is 0 Å². The molecular weight excluding hydrogens is 210 g/mol. The molecule has 0 aliphatic carbocycles. The Hall–Kier alpha value is -1.03. The summed E-state index contributed by atoms with van der Waals surface area (Å²) in [5, 5.41) is -0.444. The van der Waals surface area contributed by atoms with Crippen LogP contribution >= 0.6 is 0 Å². The Bertz CT molecular complexity index is 476. The summed E-state index contributed by atoms with van der Waals surface area (Å²) in [4.78, 5) is 0.259. The smallest absolute Gasteiger partial charge is 0.182 e. The highest BCUT2D eigenvalue weighted by atomic mass is 32.2. The first-order valence-corrected chi connectivity index (χ1v) is 6.42. The Labute approximate surface area is 91.2 Å². The van der Waals surface area contributed by atoms with Crippen molar-refractivity contribution in [2.45, 2.75) is 37.8 Å². The molecule has 0 radical (unpaired) electrons. The Kier molecular flexibility index (Phi) is 3.09. The largest absolute Gasteiger partial charge is 0.397 e. The zero-order chi connectivity index (χ0) is 11.8.